The van der Waals surface area contributed by atoms with E-state index in [0.717, 1.165) is 53.7 Å². The summed E-state index contributed by atoms with van der Waals surface area (Å²) in [6, 6.07) is 7.07. The lowest BCUT2D eigenvalue weighted by Crippen LogP contribution is -2.52. The smallest absolute Gasteiger partial charge is 0.311 e. The molecule has 2 bridgehead atoms. The number of ether oxygens (including phenoxy) is 1. The summed E-state index contributed by atoms with van der Waals surface area (Å²) in [5, 5.41) is 3.29. The van der Waals surface area contributed by atoms with E-state index in [1.165, 1.54) is 25.4 Å². The highest BCUT2D eigenvalue weighted by atomic mass is 32.2. The Labute approximate surface area is 229 Å². The van der Waals surface area contributed by atoms with Gasteiger partial charge in [0.1, 0.15) is 5.82 Å². The van der Waals surface area contributed by atoms with Crippen LogP contribution in [0, 0.1) is 36.3 Å². The van der Waals surface area contributed by atoms with E-state index in [0.29, 0.717) is 0 Å². The number of benzene rings is 1. The highest BCUT2D eigenvalue weighted by Gasteiger charge is 2.48. The first-order valence-corrected chi connectivity index (χ1v) is 14.5. The molecule has 208 valence electrons. The highest BCUT2D eigenvalue weighted by molar-refractivity contribution is 7.90. The maximum atomic E-state index is 15.0. The minimum absolute atomic E-state index is 0.0187. The average molecular weight is 568 g/mol. The van der Waals surface area contributed by atoms with Crippen LogP contribution in [-0.4, -0.2) is 46.5 Å². The fourth-order valence-corrected chi connectivity index (χ4v) is 7.45. The van der Waals surface area contributed by atoms with E-state index in [1.54, 1.807) is 12.1 Å². The number of esters is 1. The van der Waals surface area contributed by atoms with E-state index in [9.17, 15) is 17.6 Å². The standard InChI is InChI=1S/C28H27F2N5O4S/c1-15-3-9-19(10-4-15)40(37,38)35-14-21(20-11-18(29)12-32-27(20)35)25-31-13-22(30)26(34-25)33-24-17-7-5-16(6-8-17)23(24)28(36)39-2/h3-4,9-14,16-17,23-24H,5-8H2,1-2H3,(H,31,33,34)/t16?,17?,23-,24-/m0/s1. The topological polar surface area (TPSA) is 116 Å². The number of aryl methyl sites for hydroxylation is 1. The van der Waals surface area contributed by atoms with Crippen molar-refractivity contribution in [3.63, 3.8) is 0 Å². The molecule has 0 spiro atoms. The Morgan fingerprint density at radius 2 is 1.75 bits per heavy atom. The van der Waals surface area contributed by atoms with Gasteiger partial charge in [0.05, 0.1) is 30.3 Å². The lowest BCUT2D eigenvalue weighted by Gasteiger charge is -2.47. The number of nitrogens with zero attached hydrogens (tertiary/aromatic N) is 4. The van der Waals surface area contributed by atoms with E-state index < -0.39 is 27.6 Å². The molecule has 0 saturated heterocycles. The molecule has 1 N–H and O–H groups in total. The fraction of sp³-hybridized carbons (Fsp3) is 0.357. The molecule has 1 aromatic carbocycles. The molecule has 3 aliphatic rings. The molecule has 3 heterocycles. The molecule has 0 unspecified atom stereocenters. The molecule has 40 heavy (non-hydrogen) atoms. The Morgan fingerprint density at radius 3 is 2.45 bits per heavy atom. The fourth-order valence-electron chi connectivity index (χ4n) is 6.13. The van der Waals surface area contributed by atoms with Gasteiger partial charge < -0.3 is 10.1 Å². The molecule has 2 atom stereocenters. The number of halogens is 2. The van der Waals surface area contributed by atoms with Crippen molar-refractivity contribution < 1.29 is 26.7 Å². The van der Waals surface area contributed by atoms with E-state index in [4.69, 9.17) is 4.74 Å². The number of nitrogens with one attached hydrogen (secondary N) is 1. The van der Waals surface area contributed by atoms with Gasteiger partial charge in [0.25, 0.3) is 10.0 Å². The van der Waals surface area contributed by atoms with Gasteiger partial charge in [-0.15, -0.1) is 0 Å². The molecule has 0 aliphatic heterocycles. The summed E-state index contributed by atoms with van der Waals surface area (Å²) in [5.41, 5.74) is 1.03. The summed E-state index contributed by atoms with van der Waals surface area (Å²) in [5.74, 6) is -2.04. The average Bonchev–Trinajstić information content (AvgIpc) is 3.34. The van der Waals surface area contributed by atoms with Crippen LogP contribution in [-0.2, 0) is 19.6 Å². The first-order chi connectivity index (χ1) is 19.2. The summed E-state index contributed by atoms with van der Waals surface area (Å²) in [7, 11) is -2.77. The van der Waals surface area contributed by atoms with Gasteiger partial charge in [-0.2, -0.15) is 0 Å². The summed E-state index contributed by atoms with van der Waals surface area (Å²) < 4.78 is 62.5. The Bertz CT molecular complexity index is 1720. The van der Waals surface area contributed by atoms with Gasteiger partial charge in [-0.1, -0.05) is 17.7 Å². The van der Waals surface area contributed by atoms with Gasteiger partial charge in [-0.05, 0) is 62.6 Å². The Hall–Kier alpha value is -3.93. The number of fused-ring (bicyclic) bond motifs is 4. The number of carbonyl (C=O) groups is 1. The molecule has 12 heteroatoms. The molecule has 0 amide bonds. The van der Waals surface area contributed by atoms with Crippen molar-refractivity contribution in [2.45, 2.75) is 43.5 Å². The maximum absolute atomic E-state index is 15.0. The molecule has 7 rings (SSSR count). The Morgan fingerprint density at radius 1 is 1.05 bits per heavy atom. The van der Waals surface area contributed by atoms with Crippen molar-refractivity contribution >= 4 is 32.8 Å². The molecule has 3 aliphatic carbocycles. The number of anilines is 1. The predicted molar refractivity (Wildman–Crippen MR) is 143 cm³/mol. The molecule has 0 radical (unpaired) electrons. The lowest BCUT2D eigenvalue weighted by molar-refractivity contribution is -0.152. The third-order valence-electron chi connectivity index (χ3n) is 8.14. The quantitative estimate of drug-likeness (QED) is 0.333. The van der Waals surface area contributed by atoms with Crippen LogP contribution in [0.25, 0.3) is 22.4 Å². The number of hydrogen-bond acceptors (Lipinski definition) is 8. The molecule has 9 nitrogen and oxygen atoms in total. The zero-order chi connectivity index (χ0) is 28.2. The van der Waals surface area contributed by atoms with Crippen LogP contribution >= 0.6 is 0 Å². The first-order valence-electron chi connectivity index (χ1n) is 13.0. The number of rotatable bonds is 6. The second-order valence-corrected chi connectivity index (χ2v) is 12.3. The van der Waals surface area contributed by atoms with Crippen molar-refractivity contribution in [1.29, 1.82) is 0 Å². The summed E-state index contributed by atoms with van der Waals surface area (Å²) >= 11 is 0. The molecule has 3 aromatic heterocycles. The Balaban J connectivity index is 1.43. The molecule has 4 aromatic rings. The SMILES string of the molecule is COC(=O)[C@H]1C2CCC(CC2)[C@@H]1Nc1nc(-c2cn(S(=O)(=O)c3ccc(C)cc3)c3ncc(F)cc23)ncc1F. The molecule has 3 fully saturated rings. The number of methoxy groups -OCH3 is 1. The van der Waals surface area contributed by atoms with E-state index in [-0.39, 0.29) is 57.0 Å². The van der Waals surface area contributed by atoms with Gasteiger partial charge in [0.2, 0.25) is 0 Å². The summed E-state index contributed by atoms with van der Waals surface area (Å²) in [4.78, 5) is 25.2. The minimum atomic E-state index is -4.11. The van der Waals surface area contributed by atoms with Crippen LogP contribution in [0.15, 0.2) is 53.8 Å². The zero-order valence-electron chi connectivity index (χ0n) is 21.8. The van der Waals surface area contributed by atoms with Gasteiger partial charge >= 0.3 is 5.97 Å². The number of hydrogen-bond donors (Lipinski definition) is 1. The van der Waals surface area contributed by atoms with E-state index in [1.807, 2.05) is 6.92 Å². The number of carbonyl (C=O) groups excluding carboxylic acids is 1. The lowest BCUT2D eigenvalue weighted by atomic mass is 9.61. The van der Waals surface area contributed by atoms with Crippen LogP contribution in [0.4, 0.5) is 14.6 Å². The number of aromatic nitrogens is 4. The van der Waals surface area contributed by atoms with Crippen LogP contribution in [0.3, 0.4) is 0 Å². The van der Waals surface area contributed by atoms with Gasteiger partial charge in [0.15, 0.2) is 23.1 Å². The first kappa shape index (κ1) is 26.3. The number of pyridine rings is 1. The predicted octanol–water partition coefficient (Wildman–Crippen LogP) is 4.71. The zero-order valence-corrected chi connectivity index (χ0v) is 22.7. The second kappa shape index (κ2) is 9.92. The second-order valence-electron chi connectivity index (χ2n) is 10.5. The van der Waals surface area contributed by atoms with E-state index in [2.05, 4.69) is 20.3 Å². The Kier molecular flexibility index (Phi) is 6.52. The molecule has 3 saturated carbocycles. The molecular formula is C28H27F2N5O4S. The van der Waals surface area contributed by atoms with Crippen molar-refractivity contribution in [1.82, 2.24) is 18.9 Å². The van der Waals surface area contributed by atoms with Gasteiger partial charge in [0, 0.05) is 23.2 Å². The largest absolute Gasteiger partial charge is 0.469 e. The van der Waals surface area contributed by atoms with E-state index >= 15 is 4.39 Å². The van der Waals surface area contributed by atoms with Crippen molar-refractivity contribution in [2.75, 3.05) is 12.4 Å². The third-order valence-corrected chi connectivity index (χ3v) is 9.80. The maximum Gasteiger partial charge on any atom is 0.311 e. The molecular weight excluding hydrogens is 540 g/mol. The van der Waals surface area contributed by atoms with Crippen LogP contribution in [0.2, 0.25) is 0 Å². The van der Waals surface area contributed by atoms with Crippen molar-refractivity contribution in [3.8, 4) is 11.4 Å². The van der Waals surface area contributed by atoms with Crippen LogP contribution in [0.5, 0.6) is 0 Å². The summed E-state index contributed by atoms with van der Waals surface area (Å²) in [6.07, 6.45) is 6.81. The highest BCUT2D eigenvalue weighted by Crippen LogP contribution is 2.47. The van der Waals surface area contributed by atoms with Gasteiger partial charge in [-0.3, -0.25) is 4.79 Å². The summed E-state index contributed by atoms with van der Waals surface area (Å²) in [6.45, 7) is 1.84. The van der Waals surface area contributed by atoms with Gasteiger partial charge in [-0.25, -0.2) is 36.1 Å². The normalized spacial score (nSPS) is 22.4. The van der Waals surface area contributed by atoms with Crippen molar-refractivity contribution in [2.24, 2.45) is 17.8 Å². The monoisotopic (exact) mass is 567 g/mol. The van der Waals surface area contributed by atoms with Crippen LogP contribution < -0.4 is 5.32 Å². The van der Waals surface area contributed by atoms with Crippen LogP contribution in [0.1, 0.15) is 31.2 Å². The third kappa shape index (κ3) is 4.40. The van der Waals surface area contributed by atoms with Crippen molar-refractivity contribution in [3.05, 3.63) is 66.1 Å². The minimum Gasteiger partial charge on any atom is -0.469 e.